The maximum atomic E-state index is 13.0. The maximum Gasteiger partial charge on any atom is 0.416 e. The zero-order valence-corrected chi connectivity index (χ0v) is 18.0. The number of aromatic amines is 1. The van der Waals surface area contributed by atoms with Gasteiger partial charge in [0.2, 0.25) is 0 Å². The SMILES string of the molecule is C[C@@H](NC(=O)c1cc(-c2cccnc2)ncn1)c1cc(-c2nc3ccc(C(F)(F)F)cc3[nH]2)no1. The Balaban J connectivity index is 1.32. The fourth-order valence-electron chi connectivity index (χ4n) is 3.41. The number of fused-ring (bicyclic) bond motifs is 1. The van der Waals surface area contributed by atoms with E-state index in [2.05, 4.69) is 35.4 Å². The lowest BCUT2D eigenvalue weighted by molar-refractivity contribution is -0.137. The summed E-state index contributed by atoms with van der Waals surface area (Å²) in [5, 5.41) is 6.71. The van der Waals surface area contributed by atoms with Crippen molar-refractivity contribution in [3.05, 3.63) is 78.2 Å². The fraction of sp³-hybridized carbons (Fsp3) is 0.130. The number of hydrogen-bond acceptors (Lipinski definition) is 7. The zero-order valence-electron chi connectivity index (χ0n) is 18.0. The highest BCUT2D eigenvalue weighted by Gasteiger charge is 2.31. The van der Waals surface area contributed by atoms with E-state index in [-0.39, 0.29) is 22.7 Å². The molecule has 1 amide bonds. The Bertz CT molecular complexity index is 1510. The average molecular weight is 479 g/mol. The molecule has 1 atom stereocenters. The number of alkyl halides is 3. The Morgan fingerprint density at radius 3 is 2.74 bits per heavy atom. The number of nitrogens with one attached hydrogen (secondary N) is 2. The third kappa shape index (κ3) is 4.58. The summed E-state index contributed by atoms with van der Waals surface area (Å²) in [6.45, 7) is 1.69. The normalized spacial score (nSPS) is 12.6. The molecule has 9 nitrogen and oxygen atoms in total. The minimum Gasteiger partial charge on any atom is -0.358 e. The van der Waals surface area contributed by atoms with Gasteiger partial charge in [0.1, 0.15) is 17.7 Å². The Morgan fingerprint density at radius 1 is 1.11 bits per heavy atom. The summed E-state index contributed by atoms with van der Waals surface area (Å²) in [5.74, 6) is 0.113. The summed E-state index contributed by atoms with van der Waals surface area (Å²) in [7, 11) is 0. The molecule has 12 heteroatoms. The number of rotatable bonds is 5. The zero-order chi connectivity index (χ0) is 24.6. The van der Waals surface area contributed by atoms with Gasteiger partial charge >= 0.3 is 6.18 Å². The number of hydrogen-bond donors (Lipinski definition) is 2. The van der Waals surface area contributed by atoms with Crippen LogP contribution in [0.2, 0.25) is 0 Å². The van der Waals surface area contributed by atoms with Crippen LogP contribution in [-0.4, -0.2) is 36.0 Å². The molecule has 0 unspecified atom stereocenters. The first kappa shape index (κ1) is 22.2. The van der Waals surface area contributed by atoms with Crippen LogP contribution in [0.3, 0.4) is 0 Å². The molecule has 0 fully saturated rings. The van der Waals surface area contributed by atoms with Crippen molar-refractivity contribution in [2.75, 3.05) is 0 Å². The van der Waals surface area contributed by atoms with Crippen LogP contribution in [0, 0.1) is 0 Å². The van der Waals surface area contributed by atoms with Crippen molar-refractivity contribution in [2.45, 2.75) is 19.1 Å². The highest BCUT2D eigenvalue weighted by atomic mass is 19.4. The van der Waals surface area contributed by atoms with Crippen LogP contribution < -0.4 is 5.32 Å². The standard InChI is InChI=1S/C23H16F3N7O2/c1-12(30-22(34)19-8-16(28-11-29-19)13-3-2-6-27-10-13)20-9-18(33-35-20)21-31-15-5-4-14(23(24,25)26)7-17(15)32-21/h2-12H,1H3,(H,30,34)(H,31,32)/t12-/m1/s1. The highest BCUT2D eigenvalue weighted by molar-refractivity contribution is 5.93. The number of carbonyl (C=O) groups excluding carboxylic acids is 1. The van der Waals surface area contributed by atoms with Gasteiger partial charge < -0.3 is 14.8 Å². The van der Waals surface area contributed by atoms with E-state index >= 15 is 0 Å². The molecule has 0 aliphatic heterocycles. The molecule has 176 valence electrons. The van der Waals surface area contributed by atoms with E-state index in [1.165, 1.54) is 12.4 Å². The molecule has 0 saturated carbocycles. The van der Waals surface area contributed by atoms with Crippen molar-refractivity contribution in [2.24, 2.45) is 0 Å². The number of H-pyrrole nitrogens is 1. The lowest BCUT2D eigenvalue weighted by Gasteiger charge is -2.10. The van der Waals surface area contributed by atoms with E-state index in [1.54, 1.807) is 37.5 Å². The average Bonchev–Trinajstić information content (AvgIpc) is 3.51. The molecule has 2 N–H and O–H groups in total. The largest absolute Gasteiger partial charge is 0.416 e. The predicted molar refractivity (Wildman–Crippen MR) is 118 cm³/mol. The quantitative estimate of drug-likeness (QED) is 0.378. The number of imidazole rings is 1. The number of amides is 1. The van der Waals surface area contributed by atoms with E-state index < -0.39 is 23.7 Å². The van der Waals surface area contributed by atoms with Gasteiger partial charge in [0, 0.05) is 24.0 Å². The van der Waals surface area contributed by atoms with Crippen LogP contribution in [0.25, 0.3) is 33.8 Å². The molecule has 0 aliphatic rings. The third-order valence-corrected chi connectivity index (χ3v) is 5.21. The molecule has 1 aromatic carbocycles. The van der Waals surface area contributed by atoms with Crippen LogP contribution in [0.15, 0.2) is 65.7 Å². The lowest BCUT2D eigenvalue weighted by atomic mass is 10.1. The van der Waals surface area contributed by atoms with Gasteiger partial charge in [-0.3, -0.25) is 9.78 Å². The van der Waals surface area contributed by atoms with Gasteiger partial charge in [0.25, 0.3) is 5.91 Å². The Morgan fingerprint density at radius 2 is 1.97 bits per heavy atom. The van der Waals surface area contributed by atoms with Crippen LogP contribution in [0.5, 0.6) is 0 Å². The predicted octanol–water partition coefficient (Wildman–Crippen LogP) is 4.58. The smallest absolute Gasteiger partial charge is 0.358 e. The molecule has 4 heterocycles. The summed E-state index contributed by atoms with van der Waals surface area (Å²) < 4.78 is 44.2. The molecular weight excluding hydrogens is 463 g/mol. The minimum atomic E-state index is -4.46. The van der Waals surface area contributed by atoms with Crippen molar-refractivity contribution in [3.63, 3.8) is 0 Å². The molecule has 0 radical (unpaired) electrons. The summed E-state index contributed by atoms with van der Waals surface area (Å²) >= 11 is 0. The van der Waals surface area contributed by atoms with Gasteiger partial charge in [-0.1, -0.05) is 5.16 Å². The van der Waals surface area contributed by atoms with Crippen molar-refractivity contribution in [3.8, 4) is 22.8 Å². The molecular formula is C23H16F3N7O2. The van der Waals surface area contributed by atoms with E-state index in [0.29, 0.717) is 17.0 Å². The van der Waals surface area contributed by atoms with Crippen molar-refractivity contribution < 1.29 is 22.5 Å². The molecule has 5 rings (SSSR count). The third-order valence-electron chi connectivity index (χ3n) is 5.21. The Hall–Kier alpha value is -4.61. The second-order valence-electron chi connectivity index (χ2n) is 7.65. The first-order chi connectivity index (χ1) is 16.8. The summed E-state index contributed by atoms with van der Waals surface area (Å²) in [4.78, 5) is 32.1. The van der Waals surface area contributed by atoms with Crippen LogP contribution in [0.1, 0.15) is 34.8 Å². The summed E-state index contributed by atoms with van der Waals surface area (Å²) in [6.07, 6.45) is 0.0955. The van der Waals surface area contributed by atoms with Gasteiger partial charge in [-0.25, -0.2) is 15.0 Å². The molecule has 0 spiro atoms. The molecule has 0 bridgehead atoms. The molecule has 35 heavy (non-hydrogen) atoms. The number of nitrogens with zero attached hydrogens (tertiary/aromatic N) is 5. The highest BCUT2D eigenvalue weighted by Crippen LogP contribution is 2.32. The van der Waals surface area contributed by atoms with E-state index in [1.807, 2.05) is 6.07 Å². The van der Waals surface area contributed by atoms with Gasteiger partial charge in [0.05, 0.1) is 28.3 Å². The van der Waals surface area contributed by atoms with Gasteiger partial charge in [-0.05, 0) is 43.3 Å². The topological polar surface area (TPSA) is 122 Å². The first-order valence-electron chi connectivity index (χ1n) is 10.4. The monoisotopic (exact) mass is 479 g/mol. The van der Waals surface area contributed by atoms with Crippen LogP contribution in [0.4, 0.5) is 13.2 Å². The minimum absolute atomic E-state index is 0.156. The number of pyridine rings is 1. The lowest BCUT2D eigenvalue weighted by Crippen LogP contribution is -2.27. The van der Waals surface area contributed by atoms with Crippen LogP contribution in [-0.2, 0) is 6.18 Å². The second kappa shape index (κ2) is 8.63. The van der Waals surface area contributed by atoms with E-state index in [9.17, 15) is 18.0 Å². The Labute approximate surface area is 195 Å². The number of benzene rings is 1. The first-order valence-corrected chi connectivity index (χ1v) is 10.4. The Kier molecular flexibility index (Phi) is 5.47. The van der Waals surface area contributed by atoms with Crippen molar-refractivity contribution in [1.82, 2.24) is 35.4 Å². The summed E-state index contributed by atoms with van der Waals surface area (Å²) in [5.41, 5.74) is 1.52. The maximum absolute atomic E-state index is 13.0. The van der Waals surface area contributed by atoms with Gasteiger partial charge in [-0.2, -0.15) is 13.2 Å². The number of halogens is 3. The van der Waals surface area contributed by atoms with Crippen molar-refractivity contribution >= 4 is 16.9 Å². The number of carbonyl (C=O) groups is 1. The summed E-state index contributed by atoms with van der Waals surface area (Å²) in [6, 6.07) is 9.33. The molecule has 5 aromatic rings. The molecule has 0 aliphatic carbocycles. The van der Waals surface area contributed by atoms with E-state index in [4.69, 9.17) is 4.52 Å². The van der Waals surface area contributed by atoms with Gasteiger partial charge in [0.15, 0.2) is 11.6 Å². The molecule has 4 aromatic heterocycles. The fourth-order valence-corrected chi connectivity index (χ4v) is 3.41. The second-order valence-corrected chi connectivity index (χ2v) is 7.65. The van der Waals surface area contributed by atoms with Crippen molar-refractivity contribution in [1.29, 1.82) is 0 Å². The van der Waals surface area contributed by atoms with Gasteiger partial charge in [-0.15, -0.1) is 0 Å². The van der Waals surface area contributed by atoms with E-state index in [0.717, 1.165) is 17.7 Å². The number of aromatic nitrogens is 6. The van der Waals surface area contributed by atoms with Crippen LogP contribution >= 0.6 is 0 Å². The molecule has 0 saturated heterocycles.